The van der Waals surface area contributed by atoms with E-state index in [1.165, 1.54) is 5.56 Å². The number of halogens is 2. The normalized spacial score (nSPS) is 13.9. The molecule has 0 unspecified atom stereocenters. The number of amides is 1. The van der Waals surface area contributed by atoms with Crippen molar-refractivity contribution in [2.45, 2.75) is 26.2 Å². The van der Waals surface area contributed by atoms with Gasteiger partial charge in [0.25, 0.3) is 0 Å². The number of carbonyl (C=O) groups is 1. The first-order valence-electron chi connectivity index (χ1n) is 7.26. The zero-order chi connectivity index (χ0) is 15.7. The van der Waals surface area contributed by atoms with E-state index in [0.29, 0.717) is 15.7 Å². The molecule has 114 valence electrons. The first-order valence-corrected chi connectivity index (χ1v) is 8.01. The van der Waals surface area contributed by atoms with Crippen molar-refractivity contribution < 1.29 is 4.79 Å². The fraction of sp³-hybridized carbons (Fsp3) is 0.294. The maximum atomic E-state index is 12.7. The molecule has 0 aliphatic carbocycles. The number of carbonyl (C=O) groups excluding carboxylic acids is 1. The van der Waals surface area contributed by atoms with Gasteiger partial charge in [0.15, 0.2) is 0 Å². The smallest absolute Gasteiger partial charge is 0.231 e. The first-order chi connectivity index (χ1) is 10.6. The number of anilines is 1. The van der Waals surface area contributed by atoms with Gasteiger partial charge in [0, 0.05) is 28.5 Å². The summed E-state index contributed by atoms with van der Waals surface area (Å²) in [6.45, 7) is 2.55. The minimum atomic E-state index is 0.00148. The molecule has 0 N–H and O–H groups in total. The molecule has 0 saturated carbocycles. The fourth-order valence-electron chi connectivity index (χ4n) is 2.82. The summed E-state index contributed by atoms with van der Waals surface area (Å²) in [7, 11) is 0. The summed E-state index contributed by atoms with van der Waals surface area (Å²) in [5.41, 5.74) is 3.55. The largest absolute Gasteiger partial charge is 0.312 e. The lowest BCUT2D eigenvalue weighted by Gasteiger charge is -2.29. The Morgan fingerprint density at radius 2 is 2.09 bits per heavy atom. The predicted octanol–water partition coefficient (Wildman–Crippen LogP) is 4.22. The van der Waals surface area contributed by atoms with Crippen LogP contribution in [0, 0.1) is 6.92 Å². The van der Waals surface area contributed by atoms with Crippen LogP contribution in [0.3, 0.4) is 0 Å². The SMILES string of the molecule is Cc1cc(Cl)c(CC(=O)N2CCCc3ccccc32)c(Cl)n1. The molecule has 3 rings (SSSR count). The van der Waals surface area contributed by atoms with Gasteiger partial charge in [-0.3, -0.25) is 4.79 Å². The summed E-state index contributed by atoms with van der Waals surface area (Å²) < 4.78 is 0. The van der Waals surface area contributed by atoms with Crippen molar-refractivity contribution >= 4 is 34.8 Å². The molecule has 0 radical (unpaired) electrons. The van der Waals surface area contributed by atoms with Crippen LogP contribution in [-0.2, 0) is 17.6 Å². The summed E-state index contributed by atoms with van der Waals surface area (Å²) in [5, 5.41) is 0.805. The minimum Gasteiger partial charge on any atom is -0.312 e. The Kier molecular flexibility index (Phi) is 4.37. The molecule has 2 heterocycles. The van der Waals surface area contributed by atoms with Gasteiger partial charge < -0.3 is 4.90 Å². The number of hydrogen-bond donors (Lipinski definition) is 0. The number of aromatic nitrogens is 1. The third kappa shape index (κ3) is 2.96. The second kappa shape index (κ2) is 6.27. The van der Waals surface area contributed by atoms with Crippen molar-refractivity contribution in [2.75, 3.05) is 11.4 Å². The van der Waals surface area contributed by atoms with Crippen LogP contribution in [0.5, 0.6) is 0 Å². The summed E-state index contributed by atoms with van der Waals surface area (Å²) in [5.74, 6) is 0.00148. The number of pyridine rings is 1. The Hall–Kier alpha value is -1.58. The Bertz CT molecular complexity index is 707. The van der Waals surface area contributed by atoms with Crippen LogP contribution < -0.4 is 4.90 Å². The molecule has 5 heteroatoms. The highest BCUT2D eigenvalue weighted by atomic mass is 35.5. The number of fused-ring (bicyclic) bond motifs is 1. The molecule has 0 bridgehead atoms. The number of aryl methyl sites for hydroxylation is 2. The molecule has 3 nitrogen and oxygen atoms in total. The van der Waals surface area contributed by atoms with Gasteiger partial charge >= 0.3 is 0 Å². The van der Waals surface area contributed by atoms with E-state index < -0.39 is 0 Å². The molecule has 1 aromatic carbocycles. The summed E-state index contributed by atoms with van der Waals surface area (Å²) in [6.07, 6.45) is 2.14. The summed E-state index contributed by atoms with van der Waals surface area (Å²) in [4.78, 5) is 18.7. The van der Waals surface area contributed by atoms with E-state index in [2.05, 4.69) is 11.1 Å². The summed E-state index contributed by atoms with van der Waals surface area (Å²) in [6, 6.07) is 9.76. The molecule has 1 amide bonds. The first kappa shape index (κ1) is 15.3. The van der Waals surface area contributed by atoms with Gasteiger partial charge in [0.2, 0.25) is 5.91 Å². The van der Waals surface area contributed by atoms with Gasteiger partial charge in [0.1, 0.15) is 5.15 Å². The number of hydrogen-bond acceptors (Lipinski definition) is 2. The van der Waals surface area contributed by atoms with Crippen molar-refractivity contribution in [1.29, 1.82) is 0 Å². The molecule has 0 fully saturated rings. The van der Waals surface area contributed by atoms with Gasteiger partial charge in [-0.05, 0) is 37.5 Å². The van der Waals surface area contributed by atoms with Crippen LogP contribution in [0.4, 0.5) is 5.69 Å². The zero-order valence-corrected chi connectivity index (χ0v) is 13.8. The molecular weight excluding hydrogens is 319 g/mol. The van der Waals surface area contributed by atoms with Gasteiger partial charge in [0.05, 0.1) is 6.42 Å². The second-order valence-corrected chi connectivity index (χ2v) is 6.23. The van der Waals surface area contributed by atoms with Crippen LogP contribution in [0.2, 0.25) is 10.2 Å². The quantitative estimate of drug-likeness (QED) is 0.770. The average Bonchev–Trinajstić information content (AvgIpc) is 2.50. The fourth-order valence-corrected chi connectivity index (χ4v) is 3.48. The summed E-state index contributed by atoms with van der Waals surface area (Å²) >= 11 is 12.4. The van der Waals surface area contributed by atoms with Crippen LogP contribution in [0.1, 0.15) is 23.2 Å². The second-order valence-electron chi connectivity index (χ2n) is 5.47. The lowest BCUT2D eigenvalue weighted by atomic mass is 10.0. The van der Waals surface area contributed by atoms with Crippen LogP contribution in [-0.4, -0.2) is 17.4 Å². The topological polar surface area (TPSA) is 33.2 Å². The standard InChI is InChI=1S/C17H16Cl2N2O/c1-11-9-14(18)13(17(19)20-11)10-16(22)21-8-4-6-12-5-2-3-7-15(12)21/h2-3,5,7,9H,4,6,8,10H2,1H3. The van der Waals surface area contributed by atoms with Crippen molar-refractivity contribution in [1.82, 2.24) is 4.98 Å². The molecule has 1 aromatic heterocycles. The average molecular weight is 335 g/mol. The maximum Gasteiger partial charge on any atom is 0.231 e. The molecule has 0 saturated heterocycles. The molecule has 1 aliphatic heterocycles. The van der Waals surface area contributed by atoms with Crippen molar-refractivity contribution in [3.8, 4) is 0 Å². The van der Waals surface area contributed by atoms with Crippen LogP contribution >= 0.6 is 23.2 Å². The molecule has 1 aliphatic rings. The highest BCUT2D eigenvalue weighted by molar-refractivity contribution is 6.35. The van der Waals surface area contributed by atoms with Crippen molar-refractivity contribution in [2.24, 2.45) is 0 Å². The van der Waals surface area contributed by atoms with E-state index in [0.717, 1.165) is 30.8 Å². The van der Waals surface area contributed by atoms with E-state index in [1.807, 2.05) is 30.0 Å². The van der Waals surface area contributed by atoms with Crippen LogP contribution in [0.15, 0.2) is 30.3 Å². The Morgan fingerprint density at radius 1 is 1.32 bits per heavy atom. The number of benzene rings is 1. The Morgan fingerprint density at radius 3 is 2.86 bits per heavy atom. The van der Waals surface area contributed by atoms with Crippen LogP contribution in [0.25, 0.3) is 0 Å². The lowest BCUT2D eigenvalue weighted by Crippen LogP contribution is -2.36. The Labute approximate surface area is 139 Å². The number of nitrogens with zero attached hydrogens (tertiary/aromatic N) is 2. The molecule has 0 spiro atoms. The molecule has 0 atom stereocenters. The third-order valence-electron chi connectivity index (χ3n) is 3.89. The van der Waals surface area contributed by atoms with Crippen molar-refractivity contribution in [3.05, 3.63) is 57.3 Å². The van der Waals surface area contributed by atoms with E-state index >= 15 is 0 Å². The van der Waals surface area contributed by atoms with E-state index in [4.69, 9.17) is 23.2 Å². The Balaban J connectivity index is 1.88. The van der Waals surface area contributed by atoms with Crippen molar-refractivity contribution in [3.63, 3.8) is 0 Å². The molecule has 22 heavy (non-hydrogen) atoms. The molecular formula is C17H16Cl2N2O. The third-order valence-corrected chi connectivity index (χ3v) is 4.54. The van der Waals surface area contributed by atoms with Gasteiger partial charge in [-0.25, -0.2) is 4.98 Å². The van der Waals surface area contributed by atoms with E-state index in [9.17, 15) is 4.79 Å². The predicted molar refractivity (Wildman–Crippen MR) is 89.8 cm³/mol. The van der Waals surface area contributed by atoms with E-state index in [1.54, 1.807) is 6.07 Å². The van der Waals surface area contributed by atoms with Gasteiger partial charge in [-0.15, -0.1) is 0 Å². The highest BCUT2D eigenvalue weighted by Crippen LogP contribution is 2.29. The highest BCUT2D eigenvalue weighted by Gasteiger charge is 2.23. The monoisotopic (exact) mass is 334 g/mol. The minimum absolute atomic E-state index is 0.00148. The number of para-hydroxylation sites is 1. The van der Waals surface area contributed by atoms with Gasteiger partial charge in [-0.2, -0.15) is 0 Å². The van der Waals surface area contributed by atoms with E-state index in [-0.39, 0.29) is 12.3 Å². The zero-order valence-electron chi connectivity index (χ0n) is 12.3. The maximum absolute atomic E-state index is 12.7. The van der Waals surface area contributed by atoms with Gasteiger partial charge in [-0.1, -0.05) is 41.4 Å². The number of rotatable bonds is 2. The lowest BCUT2D eigenvalue weighted by molar-refractivity contribution is -0.118. The molecule has 2 aromatic rings.